The lowest BCUT2D eigenvalue weighted by Crippen LogP contribution is -2.20. The number of aryl methyl sites for hydroxylation is 1. The first-order valence-corrected chi connectivity index (χ1v) is 6.90. The SMILES string of the molecule is CCCCC(CCC)Nc1cc(C)c(F)cc1N. The van der Waals surface area contributed by atoms with E-state index in [9.17, 15) is 4.39 Å². The van der Waals surface area contributed by atoms with Gasteiger partial charge in [-0.15, -0.1) is 0 Å². The summed E-state index contributed by atoms with van der Waals surface area (Å²) in [5.41, 5.74) is 7.86. The standard InChI is InChI=1S/C15H25FN2/c1-4-6-8-12(7-5-2)18-15-9-11(3)13(16)10-14(15)17/h9-10,12,18H,4-8,17H2,1-3H3. The average Bonchev–Trinajstić information content (AvgIpc) is 2.33. The Labute approximate surface area is 110 Å². The fraction of sp³-hybridized carbons (Fsp3) is 0.600. The van der Waals surface area contributed by atoms with Crippen molar-refractivity contribution >= 4 is 11.4 Å². The summed E-state index contributed by atoms with van der Waals surface area (Å²) in [6.07, 6.45) is 5.80. The topological polar surface area (TPSA) is 38.0 Å². The Hall–Kier alpha value is -1.25. The van der Waals surface area contributed by atoms with Gasteiger partial charge in [0.1, 0.15) is 5.82 Å². The number of nitrogens with one attached hydrogen (secondary N) is 1. The number of hydrogen-bond acceptors (Lipinski definition) is 2. The van der Waals surface area contributed by atoms with Crippen LogP contribution in [0.15, 0.2) is 12.1 Å². The Bertz CT molecular complexity index is 377. The van der Waals surface area contributed by atoms with Crippen LogP contribution in [0.5, 0.6) is 0 Å². The van der Waals surface area contributed by atoms with E-state index in [0.29, 0.717) is 17.3 Å². The molecule has 0 spiro atoms. The molecule has 0 saturated carbocycles. The first kappa shape index (κ1) is 14.8. The van der Waals surface area contributed by atoms with E-state index in [1.165, 1.54) is 18.9 Å². The summed E-state index contributed by atoms with van der Waals surface area (Å²) in [5, 5.41) is 3.46. The summed E-state index contributed by atoms with van der Waals surface area (Å²) >= 11 is 0. The molecule has 0 heterocycles. The van der Waals surface area contributed by atoms with Gasteiger partial charge in [0.15, 0.2) is 0 Å². The fourth-order valence-corrected chi connectivity index (χ4v) is 2.13. The van der Waals surface area contributed by atoms with Crippen molar-refractivity contribution < 1.29 is 4.39 Å². The fourth-order valence-electron chi connectivity index (χ4n) is 2.13. The molecule has 2 nitrogen and oxygen atoms in total. The molecule has 0 amide bonds. The van der Waals surface area contributed by atoms with Gasteiger partial charge in [0.2, 0.25) is 0 Å². The zero-order valence-corrected chi connectivity index (χ0v) is 11.7. The molecular weight excluding hydrogens is 227 g/mol. The van der Waals surface area contributed by atoms with Crippen LogP contribution in [0.2, 0.25) is 0 Å². The molecule has 18 heavy (non-hydrogen) atoms. The van der Waals surface area contributed by atoms with Crippen molar-refractivity contribution in [3.8, 4) is 0 Å². The molecule has 0 radical (unpaired) electrons. The third-order valence-electron chi connectivity index (χ3n) is 3.23. The normalized spacial score (nSPS) is 12.4. The highest BCUT2D eigenvalue weighted by molar-refractivity contribution is 5.67. The van der Waals surface area contributed by atoms with Crippen molar-refractivity contribution in [1.82, 2.24) is 0 Å². The van der Waals surface area contributed by atoms with Crippen molar-refractivity contribution in [3.05, 3.63) is 23.5 Å². The van der Waals surface area contributed by atoms with Gasteiger partial charge in [-0.05, 0) is 37.5 Å². The van der Waals surface area contributed by atoms with Crippen LogP contribution in [0.4, 0.5) is 15.8 Å². The number of benzene rings is 1. The van der Waals surface area contributed by atoms with Gasteiger partial charge in [-0.2, -0.15) is 0 Å². The van der Waals surface area contributed by atoms with E-state index in [1.807, 2.05) is 0 Å². The van der Waals surface area contributed by atoms with Crippen molar-refractivity contribution in [3.63, 3.8) is 0 Å². The zero-order valence-electron chi connectivity index (χ0n) is 11.7. The highest BCUT2D eigenvalue weighted by Gasteiger charge is 2.10. The van der Waals surface area contributed by atoms with E-state index in [2.05, 4.69) is 19.2 Å². The van der Waals surface area contributed by atoms with E-state index in [1.54, 1.807) is 13.0 Å². The number of nitrogen functional groups attached to an aromatic ring is 1. The predicted octanol–water partition coefficient (Wildman–Crippen LogP) is 4.49. The van der Waals surface area contributed by atoms with E-state index in [-0.39, 0.29) is 5.82 Å². The number of rotatable bonds is 7. The molecule has 0 aliphatic carbocycles. The van der Waals surface area contributed by atoms with Crippen molar-refractivity contribution in [2.45, 2.75) is 58.9 Å². The lowest BCUT2D eigenvalue weighted by atomic mass is 10.0. The van der Waals surface area contributed by atoms with Crippen molar-refractivity contribution in [2.75, 3.05) is 11.1 Å². The smallest absolute Gasteiger partial charge is 0.128 e. The van der Waals surface area contributed by atoms with E-state index < -0.39 is 0 Å². The molecule has 3 N–H and O–H groups in total. The minimum atomic E-state index is -0.237. The molecule has 1 rings (SSSR count). The van der Waals surface area contributed by atoms with Crippen molar-refractivity contribution in [1.29, 1.82) is 0 Å². The maximum Gasteiger partial charge on any atom is 0.128 e. The molecule has 1 aromatic carbocycles. The summed E-state index contributed by atoms with van der Waals surface area (Å²) in [4.78, 5) is 0. The second-order valence-electron chi connectivity index (χ2n) is 4.96. The third kappa shape index (κ3) is 4.21. The van der Waals surface area contributed by atoms with Crippen LogP contribution in [0, 0.1) is 12.7 Å². The summed E-state index contributed by atoms with van der Waals surface area (Å²) in [7, 11) is 0. The Morgan fingerprint density at radius 1 is 1.22 bits per heavy atom. The monoisotopic (exact) mass is 252 g/mol. The maximum absolute atomic E-state index is 13.3. The molecule has 1 aromatic rings. The molecule has 0 fully saturated rings. The summed E-state index contributed by atoms with van der Waals surface area (Å²) in [5.74, 6) is -0.237. The molecular formula is C15H25FN2. The Kier molecular flexibility index (Phi) is 5.96. The third-order valence-corrected chi connectivity index (χ3v) is 3.23. The lowest BCUT2D eigenvalue weighted by Gasteiger charge is -2.21. The molecule has 0 aliphatic heterocycles. The molecule has 1 atom stereocenters. The minimum absolute atomic E-state index is 0.237. The van der Waals surface area contributed by atoms with Crippen LogP contribution in [0.25, 0.3) is 0 Å². The second kappa shape index (κ2) is 7.24. The minimum Gasteiger partial charge on any atom is -0.397 e. The predicted molar refractivity (Wildman–Crippen MR) is 77.4 cm³/mol. The van der Waals surface area contributed by atoms with E-state index >= 15 is 0 Å². The Morgan fingerprint density at radius 3 is 2.56 bits per heavy atom. The molecule has 1 unspecified atom stereocenters. The van der Waals surface area contributed by atoms with Crippen LogP contribution < -0.4 is 11.1 Å². The van der Waals surface area contributed by atoms with Gasteiger partial charge >= 0.3 is 0 Å². The molecule has 3 heteroatoms. The van der Waals surface area contributed by atoms with Gasteiger partial charge in [0.25, 0.3) is 0 Å². The Morgan fingerprint density at radius 2 is 1.94 bits per heavy atom. The number of anilines is 2. The van der Waals surface area contributed by atoms with Crippen LogP contribution in [-0.4, -0.2) is 6.04 Å². The molecule has 102 valence electrons. The molecule has 0 aromatic heterocycles. The zero-order chi connectivity index (χ0) is 13.5. The summed E-state index contributed by atoms with van der Waals surface area (Å²) < 4.78 is 13.3. The number of halogens is 1. The molecule has 0 saturated heterocycles. The maximum atomic E-state index is 13.3. The van der Waals surface area contributed by atoms with E-state index in [4.69, 9.17) is 5.73 Å². The largest absolute Gasteiger partial charge is 0.397 e. The van der Waals surface area contributed by atoms with Crippen LogP contribution in [-0.2, 0) is 0 Å². The quantitative estimate of drug-likeness (QED) is 0.702. The summed E-state index contributed by atoms with van der Waals surface area (Å²) in [6.45, 7) is 6.14. The number of hydrogen-bond donors (Lipinski definition) is 2. The van der Waals surface area contributed by atoms with Gasteiger partial charge in [-0.25, -0.2) is 4.39 Å². The molecule has 0 aliphatic rings. The number of unbranched alkanes of at least 4 members (excludes halogenated alkanes) is 1. The van der Waals surface area contributed by atoms with Crippen molar-refractivity contribution in [2.24, 2.45) is 0 Å². The van der Waals surface area contributed by atoms with Crippen LogP contribution >= 0.6 is 0 Å². The Balaban J connectivity index is 2.76. The van der Waals surface area contributed by atoms with Gasteiger partial charge in [-0.1, -0.05) is 33.1 Å². The van der Waals surface area contributed by atoms with Crippen LogP contribution in [0.1, 0.15) is 51.5 Å². The summed E-state index contributed by atoms with van der Waals surface area (Å²) in [6, 6.07) is 3.64. The van der Waals surface area contributed by atoms with Gasteiger partial charge < -0.3 is 11.1 Å². The second-order valence-corrected chi connectivity index (χ2v) is 4.96. The van der Waals surface area contributed by atoms with Gasteiger partial charge in [0.05, 0.1) is 11.4 Å². The van der Waals surface area contributed by atoms with E-state index in [0.717, 1.165) is 24.9 Å². The highest BCUT2D eigenvalue weighted by Crippen LogP contribution is 2.25. The highest BCUT2D eigenvalue weighted by atomic mass is 19.1. The lowest BCUT2D eigenvalue weighted by molar-refractivity contribution is 0.564. The van der Waals surface area contributed by atoms with Crippen LogP contribution in [0.3, 0.4) is 0 Å². The van der Waals surface area contributed by atoms with Gasteiger partial charge in [0, 0.05) is 6.04 Å². The first-order valence-electron chi connectivity index (χ1n) is 6.90. The molecule has 0 bridgehead atoms. The first-order chi connectivity index (χ1) is 8.58. The number of nitrogens with two attached hydrogens (primary N) is 1. The average molecular weight is 252 g/mol. The van der Waals surface area contributed by atoms with Gasteiger partial charge in [-0.3, -0.25) is 0 Å².